The fourth-order valence-electron chi connectivity index (χ4n) is 5.42. The van der Waals surface area contributed by atoms with Crippen LogP contribution in [0.15, 0.2) is 132 Å². The van der Waals surface area contributed by atoms with Gasteiger partial charge in [0.2, 0.25) is 5.91 Å². The van der Waals surface area contributed by atoms with E-state index in [2.05, 4.69) is 55.5 Å². The molecule has 0 saturated carbocycles. The van der Waals surface area contributed by atoms with Crippen LogP contribution in [0.4, 0.5) is 5.69 Å². The van der Waals surface area contributed by atoms with E-state index in [1.807, 2.05) is 61.5 Å². The Bertz CT molecular complexity index is 1920. The van der Waals surface area contributed by atoms with Crippen molar-refractivity contribution in [1.82, 2.24) is 4.90 Å². The van der Waals surface area contributed by atoms with Crippen LogP contribution < -0.4 is 5.32 Å². The molecule has 0 spiro atoms. The van der Waals surface area contributed by atoms with E-state index in [1.54, 1.807) is 24.3 Å². The van der Waals surface area contributed by atoms with Crippen LogP contribution in [0.1, 0.15) is 38.3 Å². The Morgan fingerprint density at radius 2 is 1.37 bits per heavy atom. The molecule has 0 fully saturated rings. The highest BCUT2D eigenvalue weighted by atomic mass is 32.2. The quantitative estimate of drug-likeness (QED) is 0.0799. The molecule has 0 radical (unpaired) electrons. The summed E-state index contributed by atoms with van der Waals surface area (Å²) in [5.74, 6) is 0.0563. The minimum atomic E-state index is -4.09. The van der Waals surface area contributed by atoms with Gasteiger partial charge in [-0.2, -0.15) is 8.42 Å². The molecule has 2 atom stereocenters. The van der Waals surface area contributed by atoms with Crippen LogP contribution in [0.25, 0.3) is 10.8 Å². The first kappa shape index (κ1) is 42.1. The second kappa shape index (κ2) is 19.9. The second-order valence-corrected chi connectivity index (χ2v) is 13.5. The molecule has 11 heteroatoms. The van der Waals surface area contributed by atoms with Crippen molar-refractivity contribution in [1.29, 1.82) is 0 Å². The van der Waals surface area contributed by atoms with Gasteiger partial charge in [-0.05, 0) is 72.4 Å². The Balaban J connectivity index is 0.000000291. The van der Waals surface area contributed by atoms with Gasteiger partial charge in [0.1, 0.15) is 11.4 Å². The van der Waals surface area contributed by atoms with Gasteiger partial charge >= 0.3 is 5.97 Å². The molecule has 0 aromatic heterocycles. The van der Waals surface area contributed by atoms with Crippen molar-refractivity contribution in [2.45, 2.75) is 44.1 Å². The molecule has 10 nitrogen and oxygen atoms in total. The van der Waals surface area contributed by atoms with Crippen molar-refractivity contribution in [2.75, 3.05) is 26.0 Å². The SMILES string of the molecule is CC(=O)Nc1ccc(O)cc1.CCC(=O)O[C@](Cc1ccccc1)(c1ccccc1)[C@H](C)CN(C)C.O.O=S(=O)(O)c1ccc2ccccc2c1. The smallest absolute Gasteiger partial charge is 0.306 e. The van der Waals surface area contributed by atoms with Gasteiger partial charge in [-0.15, -0.1) is 0 Å². The molecule has 5 N–H and O–H groups in total. The summed E-state index contributed by atoms with van der Waals surface area (Å²) >= 11 is 0. The summed E-state index contributed by atoms with van der Waals surface area (Å²) in [5.41, 5.74) is 2.23. The normalized spacial score (nSPS) is 12.5. The Labute approximate surface area is 300 Å². The number of esters is 1. The molecule has 0 heterocycles. The highest BCUT2D eigenvalue weighted by molar-refractivity contribution is 7.85. The Morgan fingerprint density at radius 1 is 0.824 bits per heavy atom. The first-order chi connectivity index (χ1) is 23.7. The van der Waals surface area contributed by atoms with Crippen LogP contribution in [0.5, 0.6) is 5.75 Å². The van der Waals surface area contributed by atoms with E-state index in [0.29, 0.717) is 18.5 Å². The number of anilines is 1. The summed E-state index contributed by atoms with van der Waals surface area (Å²) < 4.78 is 36.7. The molecule has 51 heavy (non-hydrogen) atoms. The number of hydrogen-bond acceptors (Lipinski definition) is 7. The van der Waals surface area contributed by atoms with E-state index in [0.717, 1.165) is 22.9 Å². The van der Waals surface area contributed by atoms with Crippen LogP contribution in [0.2, 0.25) is 0 Å². The molecule has 272 valence electrons. The van der Waals surface area contributed by atoms with Crippen LogP contribution in [-0.4, -0.2) is 61.0 Å². The number of ether oxygens (including phenoxy) is 1. The first-order valence-corrected chi connectivity index (χ1v) is 17.7. The number of benzene rings is 5. The van der Waals surface area contributed by atoms with Crippen molar-refractivity contribution in [2.24, 2.45) is 5.92 Å². The molecule has 1 amide bonds. The van der Waals surface area contributed by atoms with Gasteiger partial charge in [0.25, 0.3) is 10.1 Å². The Morgan fingerprint density at radius 3 is 1.90 bits per heavy atom. The summed E-state index contributed by atoms with van der Waals surface area (Å²) in [6, 6.07) is 38.6. The average molecular weight is 717 g/mol. The minimum Gasteiger partial charge on any atom is -0.508 e. The lowest BCUT2D eigenvalue weighted by molar-refractivity contribution is -0.168. The van der Waals surface area contributed by atoms with Crippen LogP contribution >= 0.6 is 0 Å². The fraction of sp³-hybridized carbons (Fsp3) is 0.250. The molecular weight excluding hydrogens is 669 g/mol. The van der Waals surface area contributed by atoms with E-state index in [4.69, 9.17) is 14.4 Å². The predicted molar refractivity (Wildman–Crippen MR) is 202 cm³/mol. The molecule has 0 aliphatic heterocycles. The minimum absolute atomic E-state index is 0. The lowest BCUT2D eigenvalue weighted by Crippen LogP contribution is -2.44. The van der Waals surface area contributed by atoms with Crippen LogP contribution in [-0.2, 0) is 36.5 Å². The summed E-state index contributed by atoms with van der Waals surface area (Å²) in [4.78, 5) is 24.9. The van der Waals surface area contributed by atoms with Crippen molar-refractivity contribution < 1.29 is 37.9 Å². The summed E-state index contributed by atoms with van der Waals surface area (Å²) in [7, 11) is 0.00971. The number of hydrogen-bond donors (Lipinski definition) is 3. The monoisotopic (exact) mass is 716 g/mol. The third-order valence-corrected chi connectivity index (χ3v) is 8.65. The number of phenolic OH excluding ortho intramolecular Hbond substituents is 1. The van der Waals surface area contributed by atoms with Gasteiger partial charge in [0.15, 0.2) is 0 Å². The van der Waals surface area contributed by atoms with E-state index in [-0.39, 0.29) is 33.9 Å². The molecule has 0 saturated heterocycles. The molecule has 0 unspecified atom stereocenters. The molecule has 0 aliphatic carbocycles. The lowest BCUT2D eigenvalue weighted by atomic mass is 9.77. The molecule has 5 aromatic carbocycles. The van der Waals surface area contributed by atoms with Crippen LogP contribution in [0, 0.1) is 5.92 Å². The number of nitrogens with zero attached hydrogens (tertiary/aromatic N) is 1. The number of phenols is 1. The predicted octanol–water partition coefficient (Wildman–Crippen LogP) is 6.89. The largest absolute Gasteiger partial charge is 0.508 e. The fourth-order valence-corrected chi connectivity index (χ4v) is 5.94. The van der Waals surface area contributed by atoms with Crippen molar-refractivity contribution in [3.63, 3.8) is 0 Å². The summed E-state index contributed by atoms with van der Waals surface area (Å²) in [5, 5.41) is 13.2. The Hall–Kier alpha value is -5.07. The standard InChI is InChI=1S/C22H29NO2.C10H8O3S.C8H9NO2.H2O/c1-5-21(24)25-22(18(2)17-23(3)4,20-14-10-7-11-15-20)16-19-12-8-6-9-13-19;11-14(12,13)10-6-5-8-3-1-2-4-9(8)7-10;1-6(10)9-7-2-4-8(11)5-3-7;/h6-15,18H,5,16-17H2,1-4H3;1-7H,(H,11,12,13);2-5,11H,1H3,(H,9,10);1H2/t18-,22+;;;/m1.../s1. The molecule has 5 aromatic rings. The van der Waals surface area contributed by atoms with E-state index < -0.39 is 15.7 Å². The van der Waals surface area contributed by atoms with Crippen molar-refractivity contribution >= 4 is 38.5 Å². The summed E-state index contributed by atoms with van der Waals surface area (Å²) in [6.45, 7) is 6.28. The number of rotatable bonds is 10. The highest BCUT2D eigenvalue weighted by Crippen LogP contribution is 2.38. The zero-order valence-electron chi connectivity index (χ0n) is 29.6. The third kappa shape index (κ3) is 13.3. The molecule has 5 rings (SSSR count). The maximum Gasteiger partial charge on any atom is 0.306 e. The van der Waals surface area contributed by atoms with Crippen molar-refractivity contribution in [3.8, 4) is 5.75 Å². The molecule has 0 bridgehead atoms. The third-order valence-electron chi connectivity index (χ3n) is 7.80. The maximum atomic E-state index is 12.3. The number of aromatic hydroxyl groups is 1. The number of fused-ring (bicyclic) bond motifs is 1. The van der Waals surface area contributed by atoms with Gasteiger partial charge in [0, 0.05) is 37.9 Å². The topological polar surface area (TPSA) is 165 Å². The Kier molecular flexibility index (Phi) is 16.5. The van der Waals surface area contributed by atoms with Gasteiger partial charge < -0.3 is 25.5 Å². The summed E-state index contributed by atoms with van der Waals surface area (Å²) in [6.07, 6.45) is 1.04. The van der Waals surface area contributed by atoms with Gasteiger partial charge in [-0.25, -0.2) is 0 Å². The zero-order chi connectivity index (χ0) is 36.7. The van der Waals surface area contributed by atoms with E-state index in [1.165, 1.54) is 36.8 Å². The van der Waals surface area contributed by atoms with Crippen LogP contribution in [0.3, 0.4) is 0 Å². The zero-order valence-corrected chi connectivity index (χ0v) is 30.4. The van der Waals surface area contributed by atoms with Gasteiger partial charge in [-0.3, -0.25) is 14.1 Å². The molecule has 0 aliphatic rings. The lowest BCUT2D eigenvalue weighted by Gasteiger charge is -2.40. The number of nitrogens with one attached hydrogen (secondary N) is 1. The van der Waals surface area contributed by atoms with E-state index >= 15 is 0 Å². The number of carbonyl (C=O) groups is 2. The van der Waals surface area contributed by atoms with Gasteiger partial charge in [0.05, 0.1) is 4.90 Å². The number of carbonyl (C=O) groups excluding carboxylic acids is 2. The second-order valence-electron chi connectivity index (χ2n) is 12.1. The van der Waals surface area contributed by atoms with E-state index in [9.17, 15) is 18.0 Å². The maximum absolute atomic E-state index is 12.3. The van der Waals surface area contributed by atoms with Crippen molar-refractivity contribution in [3.05, 3.63) is 139 Å². The molecular formula is C40H48N2O8S. The van der Waals surface area contributed by atoms with Gasteiger partial charge in [-0.1, -0.05) is 105 Å². The number of amides is 1. The first-order valence-electron chi connectivity index (χ1n) is 16.2. The highest BCUT2D eigenvalue weighted by Gasteiger charge is 2.42. The average Bonchev–Trinajstić information content (AvgIpc) is 3.09.